The van der Waals surface area contributed by atoms with Gasteiger partial charge >= 0.3 is 0 Å². The van der Waals surface area contributed by atoms with Crippen LogP contribution in [0.25, 0.3) is 0 Å². The number of hydrogen-bond acceptors (Lipinski definition) is 2. The molecule has 0 saturated carbocycles. The average Bonchev–Trinajstić information content (AvgIpc) is 1.35. The fourth-order valence-corrected chi connectivity index (χ4v) is 0.949. The van der Waals surface area contributed by atoms with Crippen LogP contribution >= 0.6 is 12.2 Å². The first-order valence-corrected chi connectivity index (χ1v) is 5.07. The van der Waals surface area contributed by atoms with Crippen molar-refractivity contribution in [3.8, 4) is 0 Å². The maximum Gasteiger partial charge on any atom is 0.173 e. The normalized spacial score (nSPS) is 7.83. The molecule has 0 aromatic carbocycles. The summed E-state index contributed by atoms with van der Waals surface area (Å²) in [4.78, 5) is 0. The number of thiocarbonyl (C=S) groups is 1. The van der Waals surface area contributed by atoms with Crippen LogP contribution in [0.4, 0.5) is 0 Å². The van der Waals surface area contributed by atoms with E-state index in [9.17, 15) is 0 Å². The summed E-state index contributed by atoms with van der Waals surface area (Å²) in [6, 6.07) is 0. The van der Waals surface area contributed by atoms with Crippen molar-refractivity contribution in [2.24, 2.45) is 4.66 Å². The fourth-order valence-electron chi connectivity index (χ4n) is 0.105. The SMILES string of the molecule is C[SiH](C)N=C=S. The second kappa shape index (κ2) is 3.22. The Morgan fingerprint density at radius 2 is 2.17 bits per heavy atom. The predicted octanol–water partition coefficient (Wildman–Crippen LogP) is 1.07. The summed E-state index contributed by atoms with van der Waals surface area (Å²) in [6.07, 6.45) is 0. The van der Waals surface area contributed by atoms with Crippen LogP contribution in [0.5, 0.6) is 0 Å². The Bertz CT molecular complexity index is 74.9. The van der Waals surface area contributed by atoms with Gasteiger partial charge in [-0.1, -0.05) is 13.1 Å². The molecular weight excluding hydrogens is 110 g/mol. The monoisotopic (exact) mass is 117 g/mol. The molecule has 0 spiro atoms. The van der Waals surface area contributed by atoms with Gasteiger partial charge in [0.25, 0.3) is 0 Å². The topological polar surface area (TPSA) is 12.4 Å². The molecule has 6 heavy (non-hydrogen) atoms. The third-order valence-electron chi connectivity index (χ3n) is 0.311. The molecule has 0 fully saturated rings. The summed E-state index contributed by atoms with van der Waals surface area (Å²) >= 11 is 4.35. The molecule has 0 aliphatic carbocycles. The van der Waals surface area contributed by atoms with E-state index < -0.39 is 8.96 Å². The first-order chi connectivity index (χ1) is 2.77. The maximum absolute atomic E-state index is 4.35. The van der Waals surface area contributed by atoms with Gasteiger partial charge in [0.1, 0.15) is 0 Å². The lowest BCUT2D eigenvalue weighted by atomic mass is 11.8. The highest BCUT2D eigenvalue weighted by Gasteiger charge is 1.82. The Balaban J connectivity index is 3.29. The van der Waals surface area contributed by atoms with Crippen molar-refractivity contribution in [3.63, 3.8) is 0 Å². The predicted molar refractivity (Wildman–Crippen MR) is 33.9 cm³/mol. The lowest BCUT2D eigenvalue weighted by molar-refractivity contribution is 1.75. The summed E-state index contributed by atoms with van der Waals surface area (Å²) in [5.74, 6) is 0. The van der Waals surface area contributed by atoms with E-state index in [4.69, 9.17) is 0 Å². The molecule has 1 nitrogen and oxygen atoms in total. The van der Waals surface area contributed by atoms with Crippen molar-refractivity contribution in [2.45, 2.75) is 13.1 Å². The molecule has 0 unspecified atom stereocenters. The van der Waals surface area contributed by atoms with E-state index in [1.807, 2.05) is 0 Å². The van der Waals surface area contributed by atoms with E-state index in [1.165, 1.54) is 0 Å². The molecule has 0 N–H and O–H groups in total. The van der Waals surface area contributed by atoms with Crippen molar-refractivity contribution in [1.29, 1.82) is 0 Å². The van der Waals surface area contributed by atoms with Crippen LogP contribution in [0, 0.1) is 0 Å². The molecule has 3 heteroatoms. The minimum Gasteiger partial charge on any atom is -0.278 e. The number of isothiocyanates is 1. The first kappa shape index (κ1) is 6.02. The Morgan fingerprint density at radius 1 is 1.67 bits per heavy atom. The zero-order valence-electron chi connectivity index (χ0n) is 3.93. The summed E-state index contributed by atoms with van der Waals surface area (Å²) in [5, 5.41) is 2.34. The average molecular weight is 117 g/mol. The molecular formula is C3H7NSSi. The highest BCUT2D eigenvalue weighted by molar-refractivity contribution is 7.78. The van der Waals surface area contributed by atoms with Gasteiger partial charge < -0.3 is 0 Å². The Hall–Kier alpha value is 0.0169. The van der Waals surface area contributed by atoms with Gasteiger partial charge in [0.05, 0.1) is 0 Å². The molecule has 0 atom stereocenters. The Labute approximate surface area is 44.8 Å². The molecule has 0 radical (unpaired) electrons. The van der Waals surface area contributed by atoms with E-state index in [0.29, 0.717) is 0 Å². The van der Waals surface area contributed by atoms with E-state index in [2.05, 4.69) is 35.1 Å². The summed E-state index contributed by atoms with van der Waals surface area (Å²) in [7, 11) is -0.761. The molecule has 34 valence electrons. The van der Waals surface area contributed by atoms with Crippen LogP contribution in [-0.4, -0.2) is 14.1 Å². The zero-order valence-corrected chi connectivity index (χ0v) is 5.90. The zero-order chi connectivity index (χ0) is 4.99. The first-order valence-electron chi connectivity index (χ1n) is 1.84. The van der Waals surface area contributed by atoms with Crippen molar-refractivity contribution in [3.05, 3.63) is 0 Å². The number of hydrogen-bond donors (Lipinski definition) is 0. The van der Waals surface area contributed by atoms with E-state index in [0.717, 1.165) is 0 Å². The molecule has 0 aromatic rings. The highest BCUT2D eigenvalue weighted by atomic mass is 32.1. The van der Waals surface area contributed by atoms with Crippen LogP contribution in [0.15, 0.2) is 4.66 Å². The minimum atomic E-state index is -0.761. The number of rotatable bonds is 1. The molecule has 0 aliphatic rings. The quantitative estimate of drug-likeness (QED) is 0.284. The van der Waals surface area contributed by atoms with Crippen LogP contribution in [0.2, 0.25) is 13.1 Å². The second-order valence-corrected chi connectivity index (χ2v) is 3.94. The molecule has 0 bridgehead atoms. The minimum absolute atomic E-state index is 0.761. The van der Waals surface area contributed by atoms with Crippen LogP contribution in [0.3, 0.4) is 0 Å². The van der Waals surface area contributed by atoms with Gasteiger partial charge in [-0.05, 0) is 12.2 Å². The fraction of sp³-hybridized carbons (Fsp3) is 0.667. The molecule has 0 saturated heterocycles. The summed E-state index contributed by atoms with van der Waals surface area (Å²) in [5.41, 5.74) is 0. The lowest BCUT2D eigenvalue weighted by Crippen LogP contribution is -1.90. The second-order valence-electron chi connectivity index (χ2n) is 1.31. The standard InChI is InChI=1S/C3H7NSSi/c1-6(2)4-3-5/h6H,1-2H3. The Kier molecular flexibility index (Phi) is 3.23. The lowest BCUT2D eigenvalue weighted by Gasteiger charge is -1.80. The van der Waals surface area contributed by atoms with Gasteiger partial charge in [-0.2, -0.15) is 0 Å². The van der Waals surface area contributed by atoms with Crippen molar-refractivity contribution < 1.29 is 0 Å². The third-order valence-corrected chi connectivity index (χ3v) is 1.25. The maximum atomic E-state index is 4.35. The van der Waals surface area contributed by atoms with E-state index in [1.54, 1.807) is 0 Å². The van der Waals surface area contributed by atoms with Crippen molar-refractivity contribution in [1.82, 2.24) is 0 Å². The molecule has 0 amide bonds. The molecule has 0 aliphatic heterocycles. The van der Waals surface area contributed by atoms with Gasteiger partial charge in [-0.3, -0.25) is 4.66 Å². The summed E-state index contributed by atoms with van der Waals surface area (Å²) in [6.45, 7) is 4.19. The van der Waals surface area contributed by atoms with Gasteiger partial charge in [-0.25, -0.2) is 0 Å². The van der Waals surface area contributed by atoms with Gasteiger partial charge in [0.15, 0.2) is 8.96 Å². The van der Waals surface area contributed by atoms with Crippen LogP contribution < -0.4 is 0 Å². The van der Waals surface area contributed by atoms with Crippen molar-refractivity contribution >= 4 is 26.3 Å². The van der Waals surface area contributed by atoms with Gasteiger partial charge in [0, 0.05) is 5.16 Å². The highest BCUT2D eigenvalue weighted by Crippen LogP contribution is 1.74. The van der Waals surface area contributed by atoms with Crippen molar-refractivity contribution in [2.75, 3.05) is 0 Å². The molecule has 0 aromatic heterocycles. The smallest absolute Gasteiger partial charge is 0.173 e. The summed E-state index contributed by atoms with van der Waals surface area (Å²) < 4.78 is 3.83. The largest absolute Gasteiger partial charge is 0.278 e. The number of nitrogens with zero attached hydrogens (tertiary/aromatic N) is 1. The van der Waals surface area contributed by atoms with E-state index >= 15 is 0 Å². The van der Waals surface area contributed by atoms with Crippen LogP contribution in [0.1, 0.15) is 0 Å². The molecule has 0 heterocycles. The molecule has 0 rings (SSSR count). The van der Waals surface area contributed by atoms with Gasteiger partial charge in [0.2, 0.25) is 0 Å². The van der Waals surface area contributed by atoms with E-state index in [-0.39, 0.29) is 0 Å². The third kappa shape index (κ3) is 4.02. The Morgan fingerprint density at radius 3 is 2.17 bits per heavy atom. The van der Waals surface area contributed by atoms with Crippen LogP contribution in [-0.2, 0) is 0 Å². The van der Waals surface area contributed by atoms with Gasteiger partial charge in [-0.15, -0.1) is 0 Å².